The van der Waals surface area contributed by atoms with Gasteiger partial charge in [-0.15, -0.1) is 0 Å². The molecule has 0 spiro atoms. The molecule has 7 heteroatoms. The number of nitrogens with zero attached hydrogens (tertiary/aromatic N) is 1. The van der Waals surface area contributed by atoms with Crippen molar-refractivity contribution in [3.05, 3.63) is 12.2 Å². The summed E-state index contributed by atoms with van der Waals surface area (Å²) in [5.41, 5.74) is 0. The first-order valence-electron chi connectivity index (χ1n) is 21.7. The lowest BCUT2D eigenvalue weighted by molar-refractivity contribution is -0.158. The van der Waals surface area contributed by atoms with Crippen LogP contribution in [0.15, 0.2) is 12.2 Å². The molecule has 7 nitrogen and oxygen atoms in total. The van der Waals surface area contributed by atoms with Gasteiger partial charge in [-0.1, -0.05) is 123 Å². The van der Waals surface area contributed by atoms with Crippen molar-refractivity contribution in [3.8, 4) is 0 Å². The Morgan fingerprint density at radius 2 is 1.29 bits per heavy atom. The van der Waals surface area contributed by atoms with Gasteiger partial charge in [0, 0.05) is 18.8 Å². The lowest BCUT2D eigenvalue weighted by atomic mass is 9.88. The highest BCUT2D eigenvalue weighted by molar-refractivity contribution is 5.73. The molecule has 296 valence electrons. The summed E-state index contributed by atoms with van der Waals surface area (Å²) in [5, 5.41) is 0. The molecular weight excluding hydrogens is 638 g/mol. The minimum Gasteiger partial charge on any atom is -0.466 e. The molecule has 4 unspecified atom stereocenters. The predicted molar refractivity (Wildman–Crippen MR) is 209 cm³/mol. The second-order valence-corrected chi connectivity index (χ2v) is 15.9. The van der Waals surface area contributed by atoms with Crippen LogP contribution in [0.3, 0.4) is 0 Å². The summed E-state index contributed by atoms with van der Waals surface area (Å²) >= 11 is 0. The fraction of sp³-hybridized carbons (Fsp3) is 0.886. The van der Waals surface area contributed by atoms with E-state index in [0.29, 0.717) is 12.8 Å². The van der Waals surface area contributed by atoms with Crippen molar-refractivity contribution in [2.75, 3.05) is 26.7 Å². The van der Waals surface area contributed by atoms with E-state index in [9.17, 15) is 14.4 Å². The van der Waals surface area contributed by atoms with Gasteiger partial charge in [-0.3, -0.25) is 14.4 Å². The topological polar surface area (TPSA) is 82.1 Å². The number of hydrogen-bond donors (Lipinski definition) is 0. The third kappa shape index (κ3) is 19.7. The molecule has 1 saturated heterocycles. The molecule has 1 aliphatic carbocycles. The fourth-order valence-electron chi connectivity index (χ4n) is 8.03. The number of piperidine rings is 1. The Labute approximate surface area is 313 Å². The Morgan fingerprint density at radius 1 is 0.706 bits per heavy atom. The summed E-state index contributed by atoms with van der Waals surface area (Å²) in [6, 6.07) is 0. The molecule has 1 saturated carbocycles. The molecule has 0 aromatic heterocycles. The second-order valence-electron chi connectivity index (χ2n) is 15.9. The van der Waals surface area contributed by atoms with Gasteiger partial charge in [-0.25, -0.2) is 0 Å². The van der Waals surface area contributed by atoms with Crippen LogP contribution >= 0.6 is 0 Å². The molecule has 0 N–H and O–H groups in total. The smallest absolute Gasteiger partial charge is 0.309 e. The molecule has 2 aliphatic rings. The quantitative estimate of drug-likeness (QED) is 0.0330. The van der Waals surface area contributed by atoms with E-state index in [2.05, 4.69) is 51.8 Å². The number of hydrogen-bond acceptors (Lipinski definition) is 7. The Morgan fingerprint density at radius 3 is 1.92 bits per heavy atom. The van der Waals surface area contributed by atoms with Crippen LogP contribution < -0.4 is 0 Å². The van der Waals surface area contributed by atoms with Gasteiger partial charge in [0.15, 0.2) is 0 Å². The SMILES string of the molecule is CC/C=C\CC1C(CC(=O)OCCC(CCCCCCCC)OC(=O)C(CCCCCC)CCCCCC)CCC1OC(=O)C1CCN(C)CC1. The van der Waals surface area contributed by atoms with Gasteiger partial charge in [-0.2, -0.15) is 0 Å². The first-order valence-corrected chi connectivity index (χ1v) is 21.7. The zero-order valence-electron chi connectivity index (χ0n) is 33.8. The highest BCUT2D eigenvalue weighted by Gasteiger charge is 2.40. The number of carbonyl (C=O) groups excluding carboxylic acids is 3. The van der Waals surface area contributed by atoms with Gasteiger partial charge in [0.25, 0.3) is 0 Å². The molecule has 0 bridgehead atoms. The Hall–Kier alpha value is -1.89. The van der Waals surface area contributed by atoms with Gasteiger partial charge in [-0.05, 0) is 90.3 Å². The van der Waals surface area contributed by atoms with Crippen LogP contribution in [0.2, 0.25) is 0 Å². The van der Waals surface area contributed by atoms with Crippen molar-refractivity contribution in [1.29, 1.82) is 0 Å². The average molecular weight is 718 g/mol. The number of likely N-dealkylation sites (tertiary alicyclic amines) is 1. The van der Waals surface area contributed by atoms with Crippen molar-refractivity contribution >= 4 is 17.9 Å². The molecule has 0 amide bonds. The monoisotopic (exact) mass is 718 g/mol. The maximum atomic E-state index is 13.6. The molecule has 0 radical (unpaired) electrons. The van der Waals surface area contributed by atoms with Crippen LogP contribution in [0.25, 0.3) is 0 Å². The summed E-state index contributed by atoms with van der Waals surface area (Å²) < 4.78 is 18.3. The fourth-order valence-corrected chi connectivity index (χ4v) is 8.03. The number of ether oxygens (including phenoxy) is 3. The molecule has 4 atom stereocenters. The lowest BCUT2D eigenvalue weighted by Gasteiger charge is -2.30. The third-order valence-corrected chi connectivity index (χ3v) is 11.5. The number of unbranched alkanes of at least 4 members (excludes halogenated alkanes) is 11. The van der Waals surface area contributed by atoms with Gasteiger partial charge in [0.1, 0.15) is 12.2 Å². The van der Waals surface area contributed by atoms with Crippen molar-refractivity contribution in [2.24, 2.45) is 23.7 Å². The molecule has 1 heterocycles. The normalized spacial score (nSPS) is 20.6. The molecule has 2 fully saturated rings. The van der Waals surface area contributed by atoms with Crippen LogP contribution in [-0.2, 0) is 28.6 Å². The maximum Gasteiger partial charge on any atom is 0.309 e. The van der Waals surface area contributed by atoms with Crippen LogP contribution in [0, 0.1) is 23.7 Å². The summed E-state index contributed by atoms with van der Waals surface area (Å²) in [6.07, 6.45) is 29.1. The van der Waals surface area contributed by atoms with Gasteiger partial charge in [0.2, 0.25) is 0 Å². The Balaban J connectivity index is 1.95. The Kier molecular flexibility index (Phi) is 25.4. The van der Waals surface area contributed by atoms with E-state index < -0.39 is 0 Å². The van der Waals surface area contributed by atoms with E-state index >= 15 is 0 Å². The predicted octanol–water partition coefficient (Wildman–Crippen LogP) is 11.2. The number of esters is 3. The summed E-state index contributed by atoms with van der Waals surface area (Å²) in [6.45, 7) is 10.9. The van der Waals surface area contributed by atoms with Crippen molar-refractivity contribution < 1.29 is 28.6 Å². The van der Waals surface area contributed by atoms with Gasteiger partial charge in [0.05, 0.1) is 18.4 Å². The minimum atomic E-state index is -0.216. The maximum absolute atomic E-state index is 13.6. The van der Waals surface area contributed by atoms with Crippen LogP contribution in [0.4, 0.5) is 0 Å². The van der Waals surface area contributed by atoms with Crippen molar-refractivity contribution in [2.45, 2.75) is 200 Å². The molecule has 1 aliphatic heterocycles. The Bertz CT molecular complexity index is 932. The van der Waals surface area contributed by atoms with Crippen LogP contribution in [0.5, 0.6) is 0 Å². The van der Waals surface area contributed by atoms with E-state index in [1.165, 1.54) is 64.2 Å². The molecule has 0 aromatic carbocycles. The van der Waals surface area contributed by atoms with Crippen molar-refractivity contribution in [3.63, 3.8) is 0 Å². The van der Waals surface area contributed by atoms with E-state index in [4.69, 9.17) is 14.2 Å². The molecule has 51 heavy (non-hydrogen) atoms. The highest BCUT2D eigenvalue weighted by atomic mass is 16.6. The average Bonchev–Trinajstić information content (AvgIpc) is 3.48. The molecule has 0 aromatic rings. The number of carbonyl (C=O) groups is 3. The van der Waals surface area contributed by atoms with E-state index in [-0.39, 0.29) is 60.4 Å². The zero-order valence-corrected chi connectivity index (χ0v) is 33.8. The van der Waals surface area contributed by atoms with Crippen LogP contribution in [0.1, 0.15) is 188 Å². The number of rotatable bonds is 29. The standard InChI is InChI=1S/C44H79NO6/c1-6-10-14-17-18-22-25-39(50-43(47)36(23-20-15-11-7-2)24-21-16-12-8-3)31-34-49-42(46)35-38-27-28-41(40(38)26-19-13-9-4)51-44(48)37-29-32-45(5)33-30-37/h13,19,36-41H,6-12,14-18,20-35H2,1-5H3/b19-13-. The summed E-state index contributed by atoms with van der Waals surface area (Å²) in [4.78, 5) is 42.2. The molecule has 2 rings (SSSR count). The highest BCUT2D eigenvalue weighted by Crippen LogP contribution is 2.40. The van der Waals surface area contributed by atoms with Crippen LogP contribution in [-0.4, -0.2) is 61.8 Å². The number of allylic oxidation sites excluding steroid dienone is 2. The summed E-state index contributed by atoms with van der Waals surface area (Å²) in [7, 11) is 2.10. The van der Waals surface area contributed by atoms with E-state index in [1.807, 2.05) is 0 Å². The third-order valence-electron chi connectivity index (χ3n) is 11.5. The minimum absolute atomic E-state index is 0.0205. The van der Waals surface area contributed by atoms with E-state index in [1.54, 1.807) is 0 Å². The van der Waals surface area contributed by atoms with Gasteiger partial charge < -0.3 is 19.1 Å². The summed E-state index contributed by atoms with van der Waals surface area (Å²) in [5.74, 6) is -0.0865. The van der Waals surface area contributed by atoms with E-state index in [0.717, 1.165) is 96.6 Å². The molecular formula is C44H79NO6. The first kappa shape index (κ1) is 45.3. The van der Waals surface area contributed by atoms with Gasteiger partial charge >= 0.3 is 17.9 Å². The largest absolute Gasteiger partial charge is 0.466 e. The zero-order chi connectivity index (χ0) is 37.1. The lowest BCUT2D eigenvalue weighted by Crippen LogP contribution is -2.36. The van der Waals surface area contributed by atoms with Crippen molar-refractivity contribution in [1.82, 2.24) is 4.90 Å². The first-order chi connectivity index (χ1) is 24.8. The second kappa shape index (κ2) is 28.6.